The van der Waals surface area contributed by atoms with E-state index in [2.05, 4.69) is 26.2 Å². The van der Waals surface area contributed by atoms with Crippen molar-refractivity contribution >= 4 is 17.5 Å². The maximum atomic E-state index is 11.9. The van der Waals surface area contributed by atoms with Gasteiger partial charge in [0.1, 0.15) is 11.9 Å². The highest BCUT2D eigenvalue weighted by molar-refractivity contribution is 5.99. The minimum Gasteiger partial charge on any atom is -0.365 e. The molecule has 2 N–H and O–H groups in total. The molecule has 0 saturated carbocycles. The second kappa shape index (κ2) is 6.73. The van der Waals surface area contributed by atoms with Crippen molar-refractivity contribution in [1.29, 1.82) is 5.26 Å². The third-order valence-electron chi connectivity index (χ3n) is 4.46. The number of nitrogens with two attached hydrogens (primary N) is 1. The van der Waals surface area contributed by atoms with Crippen molar-refractivity contribution in [3.05, 3.63) is 40.7 Å². The molecule has 8 heteroatoms. The van der Waals surface area contributed by atoms with E-state index >= 15 is 0 Å². The van der Waals surface area contributed by atoms with Gasteiger partial charge in [0.05, 0.1) is 16.8 Å². The summed E-state index contributed by atoms with van der Waals surface area (Å²) in [6.45, 7) is 6.47. The Morgan fingerprint density at radius 2 is 1.84 bits per heavy atom. The first kappa shape index (κ1) is 16.6. The predicted octanol–water partition coefficient (Wildman–Crippen LogP) is 0.786. The van der Waals surface area contributed by atoms with Crippen molar-refractivity contribution in [1.82, 2.24) is 15.2 Å². The van der Waals surface area contributed by atoms with E-state index in [1.807, 2.05) is 24.8 Å². The Morgan fingerprint density at radius 1 is 1.16 bits per heavy atom. The molecule has 3 rings (SSSR count). The number of piperazine rings is 1. The first-order chi connectivity index (χ1) is 12.0. The minimum absolute atomic E-state index is 0.442. The molecule has 128 valence electrons. The number of rotatable bonds is 3. The molecule has 25 heavy (non-hydrogen) atoms. The molecule has 0 aromatic carbocycles. The maximum Gasteiger partial charge on any atom is 0.252 e. The number of aromatic nitrogens is 3. The molecule has 1 amide bonds. The van der Waals surface area contributed by atoms with Crippen molar-refractivity contribution in [3.63, 3.8) is 0 Å². The molecule has 0 radical (unpaired) electrons. The second-order valence-electron chi connectivity index (χ2n) is 5.96. The number of nitrogens with zero attached hydrogens (tertiary/aromatic N) is 6. The molecule has 2 aromatic rings. The number of amides is 1. The summed E-state index contributed by atoms with van der Waals surface area (Å²) < 4.78 is 0. The molecule has 0 atom stereocenters. The van der Waals surface area contributed by atoms with Crippen LogP contribution in [0, 0.1) is 25.2 Å². The van der Waals surface area contributed by atoms with Crippen LogP contribution in [0.3, 0.4) is 0 Å². The zero-order chi connectivity index (χ0) is 18.0. The number of hydrogen-bond acceptors (Lipinski definition) is 7. The molecular weight excluding hydrogens is 318 g/mol. The predicted molar refractivity (Wildman–Crippen MR) is 93.4 cm³/mol. The average molecular weight is 337 g/mol. The molecule has 0 aliphatic carbocycles. The number of carbonyl (C=O) groups is 1. The van der Waals surface area contributed by atoms with Gasteiger partial charge in [-0.3, -0.25) is 4.79 Å². The lowest BCUT2D eigenvalue weighted by atomic mass is 10.1. The molecule has 0 unspecified atom stereocenters. The summed E-state index contributed by atoms with van der Waals surface area (Å²) in [6, 6.07) is 5.67. The fourth-order valence-electron chi connectivity index (χ4n) is 2.90. The number of pyridine rings is 1. The zero-order valence-electron chi connectivity index (χ0n) is 14.2. The Labute approximate surface area is 145 Å². The standard InChI is InChI=1S/C17H19N7O/c1-11-12(2)21-22-17(15(11)16(19)25)24-7-5-23(6-8-24)14-4-3-13(9-18)10-20-14/h3-4,10H,5-8H2,1-2H3,(H2,19,25). The minimum atomic E-state index is -0.485. The van der Waals surface area contributed by atoms with Gasteiger partial charge in [-0.15, -0.1) is 5.10 Å². The van der Waals surface area contributed by atoms with E-state index in [0.29, 0.717) is 35.7 Å². The van der Waals surface area contributed by atoms with Gasteiger partial charge < -0.3 is 15.5 Å². The molecule has 2 aromatic heterocycles. The van der Waals surface area contributed by atoms with Crippen molar-refractivity contribution < 1.29 is 4.79 Å². The molecule has 0 spiro atoms. The Morgan fingerprint density at radius 3 is 2.40 bits per heavy atom. The van der Waals surface area contributed by atoms with E-state index in [-0.39, 0.29) is 0 Å². The smallest absolute Gasteiger partial charge is 0.252 e. The van der Waals surface area contributed by atoms with Crippen LogP contribution >= 0.6 is 0 Å². The van der Waals surface area contributed by atoms with Crippen LogP contribution in [0.2, 0.25) is 0 Å². The highest BCUT2D eigenvalue weighted by Gasteiger charge is 2.25. The first-order valence-electron chi connectivity index (χ1n) is 8.01. The van der Waals surface area contributed by atoms with Gasteiger partial charge in [-0.05, 0) is 31.5 Å². The summed E-state index contributed by atoms with van der Waals surface area (Å²) in [5.74, 6) is 0.893. The van der Waals surface area contributed by atoms with E-state index in [9.17, 15) is 4.79 Å². The van der Waals surface area contributed by atoms with Gasteiger partial charge in [0, 0.05) is 32.4 Å². The molecule has 1 fully saturated rings. The number of carbonyl (C=O) groups excluding carboxylic acids is 1. The SMILES string of the molecule is Cc1nnc(N2CCN(c3ccc(C#N)cn3)CC2)c(C(N)=O)c1C. The number of aryl methyl sites for hydroxylation is 1. The highest BCUT2D eigenvalue weighted by atomic mass is 16.1. The Hall–Kier alpha value is -3.21. The lowest BCUT2D eigenvalue weighted by Gasteiger charge is -2.36. The third-order valence-corrected chi connectivity index (χ3v) is 4.46. The van der Waals surface area contributed by atoms with Gasteiger partial charge in [-0.2, -0.15) is 10.4 Å². The molecular formula is C17H19N7O. The van der Waals surface area contributed by atoms with Crippen molar-refractivity contribution in [2.75, 3.05) is 36.0 Å². The Kier molecular flexibility index (Phi) is 4.48. The quantitative estimate of drug-likeness (QED) is 0.881. The molecule has 3 heterocycles. The van der Waals surface area contributed by atoms with Crippen molar-refractivity contribution in [2.24, 2.45) is 5.73 Å². The maximum absolute atomic E-state index is 11.9. The van der Waals surface area contributed by atoms with Gasteiger partial charge in [-0.25, -0.2) is 4.98 Å². The van der Waals surface area contributed by atoms with E-state index in [1.165, 1.54) is 0 Å². The second-order valence-corrected chi connectivity index (χ2v) is 5.96. The van der Waals surface area contributed by atoms with Crippen molar-refractivity contribution in [2.45, 2.75) is 13.8 Å². The van der Waals surface area contributed by atoms with Gasteiger partial charge in [0.2, 0.25) is 0 Å². The lowest BCUT2D eigenvalue weighted by Crippen LogP contribution is -2.47. The first-order valence-corrected chi connectivity index (χ1v) is 8.01. The summed E-state index contributed by atoms with van der Waals surface area (Å²) in [5.41, 5.74) is 8.02. The van der Waals surface area contributed by atoms with E-state index in [4.69, 9.17) is 11.0 Å². The molecule has 0 bridgehead atoms. The summed E-state index contributed by atoms with van der Waals surface area (Å²) >= 11 is 0. The van der Waals surface area contributed by atoms with E-state index < -0.39 is 5.91 Å². The van der Waals surface area contributed by atoms with Crippen LogP contribution < -0.4 is 15.5 Å². The van der Waals surface area contributed by atoms with Crippen LogP contribution in [0.25, 0.3) is 0 Å². The van der Waals surface area contributed by atoms with E-state index in [0.717, 1.165) is 24.5 Å². The van der Waals surface area contributed by atoms with Crippen LogP contribution in [0.5, 0.6) is 0 Å². The number of nitriles is 1. The summed E-state index contributed by atoms with van der Waals surface area (Å²) in [5, 5.41) is 17.2. The summed E-state index contributed by atoms with van der Waals surface area (Å²) in [4.78, 5) is 20.4. The fourth-order valence-corrected chi connectivity index (χ4v) is 2.90. The van der Waals surface area contributed by atoms with Gasteiger partial charge in [0.25, 0.3) is 5.91 Å². The summed E-state index contributed by atoms with van der Waals surface area (Å²) in [7, 11) is 0. The number of anilines is 2. The van der Waals surface area contributed by atoms with Crippen LogP contribution in [0.15, 0.2) is 18.3 Å². The largest absolute Gasteiger partial charge is 0.365 e. The molecule has 8 nitrogen and oxygen atoms in total. The normalized spacial score (nSPS) is 14.3. The van der Waals surface area contributed by atoms with E-state index in [1.54, 1.807) is 12.3 Å². The van der Waals surface area contributed by atoms with Crippen LogP contribution in [-0.4, -0.2) is 47.3 Å². The van der Waals surface area contributed by atoms with Gasteiger partial charge >= 0.3 is 0 Å². The average Bonchev–Trinajstić information content (AvgIpc) is 2.64. The molecule has 1 aliphatic rings. The Bertz CT molecular complexity index is 833. The van der Waals surface area contributed by atoms with Gasteiger partial charge in [0.15, 0.2) is 5.82 Å². The number of primary amides is 1. The molecule has 1 aliphatic heterocycles. The topological polar surface area (TPSA) is 112 Å². The Balaban J connectivity index is 1.77. The monoisotopic (exact) mass is 337 g/mol. The highest BCUT2D eigenvalue weighted by Crippen LogP contribution is 2.24. The lowest BCUT2D eigenvalue weighted by molar-refractivity contribution is 0.0999. The zero-order valence-corrected chi connectivity index (χ0v) is 14.2. The molecule has 1 saturated heterocycles. The van der Waals surface area contributed by atoms with Crippen LogP contribution in [0.1, 0.15) is 27.2 Å². The van der Waals surface area contributed by atoms with Crippen LogP contribution in [-0.2, 0) is 0 Å². The summed E-state index contributed by atoms with van der Waals surface area (Å²) in [6.07, 6.45) is 1.57. The van der Waals surface area contributed by atoms with Crippen molar-refractivity contribution in [3.8, 4) is 6.07 Å². The fraction of sp³-hybridized carbons (Fsp3) is 0.353. The third kappa shape index (κ3) is 3.21. The van der Waals surface area contributed by atoms with Gasteiger partial charge in [-0.1, -0.05) is 0 Å². The number of hydrogen-bond donors (Lipinski definition) is 1. The van der Waals surface area contributed by atoms with Crippen LogP contribution in [0.4, 0.5) is 11.6 Å².